The Labute approximate surface area is 132 Å². The summed E-state index contributed by atoms with van der Waals surface area (Å²) in [6.45, 7) is 6.78. The second-order valence-corrected chi connectivity index (χ2v) is 5.61. The van der Waals surface area contributed by atoms with Crippen molar-refractivity contribution in [3.05, 3.63) is 35.4 Å². The molecule has 5 heteroatoms. The predicted molar refractivity (Wildman–Crippen MR) is 91.0 cm³/mol. The van der Waals surface area contributed by atoms with Gasteiger partial charge in [-0.1, -0.05) is 26.0 Å². The molecule has 0 bridgehead atoms. The third-order valence-electron chi connectivity index (χ3n) is 2.70. The van der Waals surface area contributed by atoms with Gasteiger partial charge in [-0.3, -0.25) is 4.79 Å². The SMILES string of the molecule is CCCNCCNC(=O)c1ccc(CSCC)cc1.Cl. The maximum absolute atomic E-state index is 11.9. The summed E-state index contributed by atoms with van der Waals surface area (Å²) in [5.41, 5.74) is 2.01. The topological polar surface area (TPSA) is 41.1 Å². The number of amides is 1. The van der Waals surface area contributed by atoms with Crippen molar-refractivity contribution in [2.45, 2.75) is 26.0 Å². The van der Waals surface area contributed by atoms with E-state index < -0.39 is 0 Å². The fraction of sp³-hybridized carbons (Fsp3) is 0.533. The van der Waals surface area contributed by atoms with Gasteiger partial charge in [0.25, 0.3) is 5.91 Å². The van der Waals surface area contributed by atoms with E-state index >= 15 is 0 Å². The second-order valence-electron chi connectivity index (χ2n) is 4.34. The molecule has 3 nitrogen and oxygen atoms in total. The normalized spacial score (nSPS) is 9.90. The lowest BCUT2D eigenvalue weighted by Gasteiger charge is -2.07. The van der Waals surface area contributed by atoms with Gasteiger partial charge in [0, 0.05) is 24.4 Å². The van der Waals surface area contributed by atoms with E-state index in [1.807, 2.05) is 36.0 Å². The van der Waals surface area contributed by atoms with E-state index in [9.17, 15) is 4.79 Å². The van der Waals surface area contributed by atoms with Gasteiger partial charge in [0.15, 0.2) is 0 Å². The van der Waals surface area contributed by atoms with Crippen LogP contribution in [0.3, 0.4) is 0 Å². The van der Waals surface area contributed by atoms with Crippen molar-refractivity contribution in [3.8, 4) is 0 Å². The van der Waals surface area contributed by atoms with Gasteiger partial charge in [0.1, 0.15) is 0 Å². The van der Waals surface area contributed by atoms with E-state index in [1.54, 1.807) is 0 Å². The number of nitrogens with one attached hydrogen (secondary N) is 2. The molecule has 1 aromatic carbocycles. The van der Waals surface area contributed by atoms with E-state index in [2.05, 4.69) is 24.5 Å². The zero-order valence-corrected chi connectivity index (χ0v) is 13.9. The molecule has 114 valence electrons. The molecule has 0 saturated heterocycles. The zero-order chi connectivity index (χ0) is 13.9. The lowest BCUT2D eigenvalue weighted by atomic mass is 10.1. The monoisotopic (exact) mass is 316 g/mol. The quantitative estimate of drug-likeness (QED) is 0.688. The Morgan fingerprint density at radius 3 is 2.40 bits per heavy atom. The molecule has 0 aromatic heterocycles. The van der Waals surface area contributed by atoms with Crippen LogP contribution in [0.5, 0.6) is 0 Å². The highest BCUT2D eigenvalue weighted by molar-refractivity contribution is 7.98. The minimum Gasteiger partial charge on any atom is -0.351 e. The van der Waals surface area contributed by atoms with Crippen molar-refractivity contribution >= 4 is 30.1 Å². The van der Waals surface area contributed by atoms with Gasteiger partial charge in [-0.15, -0.1) is 12.4 Å². The number of halogens is 1. The Bertz CT molecular complexity index is 371. The summed E-state index contributed by atoms with van der Waals surface area (Å²) in [6, 6.07) is 7.88. The molecule has 0 aliphatic rings. The first-order valence-corrected chi connectivity index (χ1v) is 8.09. The van der Waals surface area contributed by atoms with Crippen LogP contribution in [0.2, 0.25) is 0 Å². The fourth-order valence-corrected chi connectivity index (χ4v) is 2.27. The molecule has 0 saturated carbocycles. The Balaban J connectivity index is 0.00000361. The third-order valence-corrected chi connectivity index (χ3v) is 3.65. The highest BCUT2D eigenvalue weighted by Crippen LogP contribution is 2.12. The number of carbonyl (C=O) groups excluding carboxylic acids is 1. The van der Waals surface area contributed by atoms with Crippen LogP contribution in [0, 0.1) is 0 Å². The van der Waals surface area contributed by atoms with Crippen LogP contribution in [0.1, 0.15) is 36.2 Å². The molecule has 0 heterocycles. The van der Waals surface area contributed by atoms with E-state index in [-0.39, 0.29) is 18.3 Å². The first kappa shape index (κ1) is 19.3. The first-order valence-electron chi connectivity index (χ1n) is 6.93. The number of thioether (sulfide) groups is 1. The molecule has 1 rings (SSSR count). The smallest absolute Gasteiger partial charge is 0.251 e. The van der Waals surface area contributed by atoms with Crippen molar-refractivity contribution in [2.75, 3.05) is 25.4 Å². The Morgan fingerprint density at radius 2 is 1.80 bits per heavy atom. The van der Waals surface area contributed by atoms with Gasteiger partial charge in [-0.05, 0) is 36.4 Å². The average molecular weight is 317 g/mol. The van der Waals surface area contributed by atoms with Gasteiger partial charge >= 0.3 is 0 Å². The summed E-state index contributed by atoms with van der Waals surface area (Å²) >= 11 is 1.89. The maximum atomic E-state index is 11.9. The van der Waals surface area contributed by atoms with Gasteiger partial charge in [0.05, 0.1) is 0 Å². The standard InChI is InChI=1S/C15H24N2OS.ClH/c1-3-9-16-10-11-17-15(18)14-7-5-13(6-8-14)12-19-4-2;/h5-8,16H,3-4,9-12H2,1-2H3,(H,17,18);1H. The summed E-state index contributed by atoms with van der Waals surface area (Å²) in [5, 5.41) is 6.17. The van der Waals surface area contributed by atoms with Crippen LogP contribution in [0.15, 0.2) is 24.3 Å². The summed E-state index contributed by atoms with van der Waals surface area (Å²) in [6.07, 6.45) is 1.12. The molecule has 2 N–H and O–H groups in total. The van der Waals surface area contributed by atoms with E-state index in [1.165, 1.54) is 5.56 Å². The van der Waals surface area contributed by atoms with Crippen molar-refractivity contribution in [1.29, 1.82) is 0 Å². The number of hydrogen-bond donors (Lipinski definition) is 2. The van der Waals surface area contributed by atoms with Crippen molar-refractivity contribution in [1.82, 2.24) is 10.6 Å². The molecule has 1 amide bonds. The van der Waals surface area contributed by atoms with Crippen LogP contribution >= 0.6 is 24.2 Å². The number of carbonyl (C=O) groups is 1. The highest BCUT2D eigenvalue weighted by Gasteiger charge is 2.04. The van der Waals surface area contributed by atoms with E-state index in [0.29, 0.717) is 6.54 Å². The van der Waals surface area contributed by atoms with Gasteiger partial charge in [-0.25, -0.2) is 0 Å². The molecule has 0 aliphatic carbocycles. The molecule has 0 unspecified atom stereocenters. The molecule has 0 atom stereocenters. The number of benzene rings is 1. The predicted octanol–water partition coefficient (Wildman–Crippen LogP) is 3.09. The second kappa shape index (κ2) is 12.1. The van der Waals surface area contributed by atoms with E-state index in [0.717, 1.165) is 36.6 Å². The molecule has 0 fully saturated rings. The molecule has 0 spiro atoms. The van der Waals surface area contributed by atoms with Crippen LogP contribution < -0.4 is 10.6 Å². The van der Waals surface area contributed by atoms with Crippen LogP contribution in [-0.4, -0.2) is 31.3 Å². The molecule has 20 heavy (non-hydrogen) atoms. The van der Waals surface area contributed by atoms with Crippen molar-refractivity contribution in [3.63, 3.8) is 0 Å². The van der Waals surface area contributed by atoms with Crippen LogP contribution in [0.25, 0.3) is 0 Å². The first-order chi connectivity index (χ1) is 9.27. The molecule has 0 radical (unpaired) electrons. The summed E-state index contributed by atoms with van der Waals surface area (Å²) in [4.78, 5) is 11.9. The summed E-state index contributed by atoms with van der Waals surface area (Å²) < 4.78 is 0. The van der Waals surface area contributed by atoms with Gasteiger partial charge < -0.3 is 10.6 Å². The average Bonchev–Trinajstić information content (AvgIpc) is 2.45. The Hall–Kier alpha value is -0.710. The molecular formula is C15H25ClN2OS. The van der Waals surface area contributed by atoms with Gasteiger partial charge in [-0.2, -0.15) is 11.8 Å². The molecule has 1 aromatic rings. The number of hydrogen-bond acceptors (Lipinski definition) is 3. The van der Waals surface area contributed by atoms with Crippen molar-refractivity contribution < 1.29 is 4.79 Å². The van der Waals surface area contributed by atoms with Crippen LogP contribution in [-0.2, 0) is 5.75 Å². The lowest BCUT2D eigenvalue weighted by Crippen LogP contribution is -2.32. The minimum absolute atomic E-state index is 0. The molecular weight excluding hydrogens is 292 g/mol. The minimum atomic E-state index is 0. The Morgan fingerprint density at radius 1 is 1.10 bits per heavy atom. The van der Waals surface area contributed by atoms with E-state index in [4.69, 9.17) is 0 Å². The zero-order valence-electron chi connectivity index (χ0n) is 12.3. The lowest BCUT2D eigenvalue weighted by molar-refractivity contribution is 0.0954. The Kier molecular flexibility index (Phi) is 11.6. The molecule has 0 aliphatic heterocycles. The van der Waals surface area contributed by atoms with Crippen LogP contribution in [0.4, 0.5) is 0 Å². The summed E-state index contributed by atoms with van der Waals surface area (Å²) in [7, 11) is 0. The van der Waals surface area contributed by atoms with Gasteiger partial charge in [0.2, 0.25) is 0 Å². The maximum Gasteiger partial charge on any atom is 0.251 e. The number of rotatable bonds is 9. The summed E-state index contributed by atoms with van der Waals surface area (Å²) in [5.74, 6) is 2.14. The fourth-order valence-electron chi connectivity index (χ4n) is 1.64. The highest BCUT2D eigenvalue weighted by atomic mass is 35.5. The third kappa shape index (κ3) is 7.78. The largest absolute Gasteiger partial charge is 0.351 e. The van der Waals surface area contributed by atoms with Crippen molar-refractivity contribution in [2.24, 2.45) is 0 Å².